The van der Waals surface area contributed by atoms with E-state index in [9.17, 15) is 17.6 Å². The molecule has 0 bridgehead atoms. The molecule has 76 valence electrons. The number of alkyl halides is 4. The highest BCUT2D eigenvalue weighted by Crippen LogP contribution is 2.63. The minimum absolute atomic E-state index is 0.263. The van der Waals surface area contributed by atoms with E-state index < -0.39 is 17.8 Å². The van der Waals surface area contributed by atoms with E-state index in [4.69, 9.17) is 0 Å². The van der Waals surface area contributed by atoms with Crippen LogP contribution in [0.4, 0.5) is 17.6 Å². The molecule has 0 N–H and O–H groups in total. The normalized spacial score (nSPS) is 23.4. The van der Waals surface area contributed by atoms with Crippen LogP contribution in [0.25, 0.3) is 0 Å². The van der Waals surface area contributed by atoms with Crippen molar-refractivity contribution in [3.05, 3.63) is 35.9 Å². The van der Waals surface area contributed by atoms with Gasteiger partial charge in [0.2, 0.25) is 0 Å². The summed E-state index contributed by atoms with van der Waals surface area (Å²) in [5.74, 6) is -9.46. The molecule has 0 radical (unpaired) electrons. The molecule has 0 unspecified atom stereocenters. The van der Waals surface area contributed by atoms with Crippen LogP contribution in [0.3, 0.4) is 0 Å². The van der Waals surface area contributed by atoms with E-state index in [0.717, 1.165) is 0 Å². The fraction of sp³-hybridized carbons (Fsp3) is 0.400. The van der Waals surface area contributed by atoms with Crippen LogP contribution < -0.4 is 0 Å². The van der Waals surface area contributed by atoms with Crippen molar-refractivity contribution in [2.24, 2.45) is 5.92 Å². The molecule has 0 atom stereocenters. The molecule has 0 aliphatic heterocycles. The van der Waals surface area contributed by atoms with Crippen LogP contribution in [-0.4, -0.2) is 11.8 Å². The van der Waals surface area contributed by atoms with Crippen molar-refractivity contribution in [2.75, 3.05) is 0 Å². The van der Waals surface area contributed by atoms with Crippen molar-refractivity contribution in [1.29, 1.82) is 0 Å². The summed E-state index contributed by atoms with van der Waals surface area (Å²) in [5, 5.41) is 0. The lowest BCUT2D eigenvalue weighted by molar-refractivity contribution is -0.0278. The van der Waals surface area contributed by atoms with E-state index in [2.05, 4.69) is 0 Å². The van der Waals surface area contributed by atoms with E-state index in [1.807, 2.05) is 0 Å². The van der Waals surface area contributed by atoms with Gasteiger partial charge in [-0.1, -0.05) is 30.3 Å². The average molecular weight is 204 g/mol. The molecular formula is C10H8F4. The molecular weight excluding hydrogens is 196 g/mol. The van der Waals surface area contributed by atoms with Gasteiger partial charge >= 0.3 is 11.8 Å². The van der Waals surface area contributed by atoms with Crippen LogP contribution in [0.5, 0.6) is 0 Å². The van der Waals surface area contributed by atoms with E-state index in [1.54, 1.807) is 30.3 Å². The third-order valence-electron chi connectivity index (χ3n) is 2.52. The lowest BCUT2D eigenvalue weighted by Crippen LogP contribution is -2.02. The average Bonchev–Trinajstić information content (AvgIpc) is 2.50. The minimum Gasteiger partial charge on any atom is -0.199 e. The van der Waals surface area contributed by atoms with Gasteiger partial charge in [0.25, 0.3) is 0 Å². The van der Waals surface area contributed by atoms with E-state index >= 15 is 0 Å². The number of halogens is 4. The second kappa shape index (κ2) is 2.72. The number of benzene rings is 1. The fourth-order valence-electron chi connectivity index (χ4n) is 1.51. The zero-order chi connectivity index (χ0) is 10.4. The first-order valence-corrected chi connectivity index (χ1v) is 4.26. The summed E-state index contributed by atoms with van der Waals surface area (Å²) >= 11 is 0. The Bertz CT molecular complexity index is 317. The molecule has 1 aromatic carbocycles. The fourth-order valence-corrected chi connectivity index (χ4v) is 1.51. The highest BCUT2D eigenvalue weighted by atomic mass is 19.3. The van der Waals surface area contributed by atoms with Gasteiger partial charge in [-0.2, -0.15) is 17.6 Å². The van der Waals surface area contributed by atoms with Gasteiger partial charge in [0, 0.05) is 0 Å². The predicted molar refractivity (Wildman–Crippen MR) is 43.5 cm³/mol. The second-order valence-corrected chi connectivity index (χ2v) is 3.49. The van der Waals surface area contributed by atoms with Crippen molar-refractivity contribution in [3.8, 4) is 0 Å². The standard InChI is InChI=1S/C10H8F4/c11-9(12)8(10(9,13)14)6-7-4-2-1-3-5-7/h1-5,8H,6H2. The Balaban J connectivity index is 2.09. The first kappa shape index (κ1) is 9.49. The van der Waals surface area contributed by atoms with Crippen molar-refractivity contribution in [3.63, 3.8) is 0 Å². The highest BCUT2D eigenvalue weighted by molar-refractivity contribution is 5.23. The molecule has 0 heterocycles. The second-order valence-electron chi connectivity index (χ2n) is 3.49. The monoisotopic (exact) mass is 204 g/mol. The molecule has 2 rings (SSSR count). The summed E-state index contributed by atoms with van der Waals surface area (Å²) in [6, 6.07) is 8.16. The van der Waals surface area contributed by atoms with E-state index in [0.29, 0.717) is 5.56 Å². The summed E-state index contributed by atoms with van der Waals surface area (Å²) in [5.41, 5.74) is 0.523. The molecule has 0 nitrogen and oxygen atoms in total. The molecule has 14 heavy (non-hydrogen) atoms. The van der Waals surface area contributed by atoms with Gasteiger partial charge in [-0.25, -0.2) is 0 Å². The van der Waals surface area contributed by atoms with Gasteiger partial charge in [-0.3, -0.25) is 0 Å². The van der Waals surface area contributed by atoms with Crippen molar-refractivity contribution < 1.29 is 17.6 Å². The van der Waals surface area contributed by atoms with Crippen LogP contribution >= 0.6 is 0 Å². The maximum absolute atomic E-state index is 12.5. The Labute approximate surface area is 78.5 Å². The zero-order valence-electron chi connectivity index (χ0n) is 7.18. The molecule has 1 aromatic rings. The third-order valence-corrected chi connectivity index (χ3v) is 2.52. The van der Waals surface area contributed by atoms with Crippen molar-refractivity contribution in [2.45, 2.75) is 18.3 Å². The predicted octanol–water partition coefficient (Wildman–Crippen LogP) is 3.13. The maximum atomic E-state index is 12.5. The van der Waals surface area contributed by atoms with Gasteiger partial charge in [0.1, 0.15) is 5.92 Å². The maximum Gasteiger partial charge on any atom is 0.319 e. The van der Waals surface area contributed by atoms with Crippen molar-refractivity contribution in [1.82, 2.24) is 0 Å². The smallest absolute Gasteiger partial charge is 0.199 e. The minimum atomic E-state index is -3.82. The van der Waals surface area contributed by atoms with Gasteiger partial charge in [-0.05, 0) is 12.0 Å². The molecule has 0 spiro atoms. The van der Waals surface area contributed by atoms with Crippen LogP contribution in [0.2, 0.25) is 0 Å². The van der Waals surface area contributed by atoms with Crippen molar-refractivity contribution >= 4 is 0 Å². The topological polar surface area (TPSA) is 0 Å². The highest BCUT2D eigenvalue weighted by Gasteiger charge is 2.84. The first-order valence-electron chi connectivity index (χ1n) is 4.26. The summed E-state index contributed by atoms with van der Waals surface area (Å²) in [6.07, 6.45) is -0.263. The van der Waals surface area contributed by atoms with Crippen LogP contribution in [0.1, 0.15) is 5.56 Å². The quantitative estimate of drug-likeness (QED) is 0.649. The molecule has 0 saturated heterocycles. The molecule has 4 heteroatoms. The van der Waals surface area contributed by atoms with Crippen LogP contribution in [0, 0.1) is 5.92 Å². The SMILES string of the molecule is FC1(F)C(Cc2ccccc2)C1(F)F. The lowest BCUT2D eigenvalue weighted by atomic mass is 10.1. The first-order chi connectivity index (χ1) is 6.46. The molecule has 0 amide bonds. The Morgan fingerprint density at radius 3 is 1.86 bits per heavy atom. The molecule has 1 aliphatic rings. The lowest BCUT2D eigenvalue weighted by Gasteiger charge is -1.96. The molecule has 1 saturated carbocycles. The zero-order valence-corrected chi connectivity index (χ0v) is 7.18. The van der Waals surface area contributed by atoms with Crippen LogP contribution in [0.15, 0.2) is 30.3 Å². The Morgan fingerprint density at radius 1 is 0.929 bits per heavy atom. The van der Waals surface area contributed by atoms with Gasteiger partial charge < -0.3 is 0 Å². The number of hydrogen-bond donors (Lipinski definition) is 0. The third kappa shape index (κ3) is 1.21. The summed E-state index contributed by atoms with van der Waals surface area (Å²) in [7, 11) is 0. The van der Waals surface area contributed by atoms with Gasteiger partial charge in [-0.15, -0.1) is 0 Å². The Morgan fingerprint density at radius 2 is 1.43 bits per heavy atom. The van der Waals surface area contributed by atoms with Gasteiger partial charge in [0.15, 0.2) is 0 Å². The molecule has 1 aliphatic carbocycles. The number of rotatable bonds is 2. The molecule has 1 fully saturated rings. The Kier molecular flexibility index (Phi) is 1.84. The molecule has 0 aromatic heterocycles. The largest absolute Gasteiger partial charge is 0.319 e. The van der Waals surface area contributed by atoms with E-state index in [-0.39, 0.29) is 6.42 Å². The number of hydrogen-bond acceptors (Lipinski definition) is 0. The van der Waals surface area contributed by atoms with E-state index in [1.165, 1.54) is 0 Å². The van der Waals surface area contributed by atoms with Gasteiger partial charge in [0.05, 0.1) is 0 Å². The summed E-state index contributed by atoms with van der Waals surface area (Å²) in [6.45, 7) is 0. The summed E-state index contributed by atoms with van der Waals surface area (Å²) < 4.78 is 50.0. The van der Waals surface area contributed by atoms with Crippen LogP contribution in [-0.2, 0) is 6.42 Å². The summed E-state index contributed by atoms with van der Waals surface area (Å²) in [4.78, 5) is 0. The Hall–Kier alpha value is -1.06.